The summed E-state index contributed by atoms with van der Waals surface area (Å²) in [5, 5.41) is 8.62. The fourth-order valence-electron chi connectivity index (χ4n) is 0.432. The molecular formula is C6HBrClN2. The third-order valence-electron chi connectivity index (χ3n) is 0.849. The van der Waals surface area contributed by atoms with Crippen LogP contribution in [0.15, 0.2) is 10.5 Å². The molecule has 0 saturated heterocycles. The normalized spacial score (nSPS) is 8.90. The zero-order valence-electron chi connectivity index (χ0n) is 4.73. The summed E-state index contributed by atoms with van der Waals surface area (Å²) in [6, 6.07) is 6.01. The third kappa shape index (κ3) is 1.47. The molecule has 1 heterocycles. The van der Waals surface area contributed by atoms with Crippen molar-refractivity contribution in [3.63, 3.8) is 0 Å². The van der Waals surface area contributed by atoms with Crippen LogP contribution in [0.3, 0.4) is 0 Å². The second-order valence-electron chi connectivity index (χ2n) is 1.50. The summed E-state index contributed by atoms with van der Waals surface area (Å²) in [5.74, 6) is 0. The maximum Gasteiger partial charge on any atom is 0.150 e. The molecule has 0 amide bonds. The first-order chi connectivity index (χ1) is 4.74. The van der Waals surface area contributed by atoms with E-state index >= 15 is 0 Å². The third-order valence-corrected chi connectivity index (χ3v) is 1.97. The Morgan fingerprint density at radius 1 is 1.80 bits per heavy atom. The maximum atomic E-state index is 8.34. The van der Waals surface area contributed by atoms with Crippen molar-refractivity contribution in [3.05, 3.63) is 27.5 Å². The molecule has 0 aliphatic rings. The summed E-state index contributed by atoms with van der Waals surface area (Å²) in [5.41, 5.74) is 0.202. The van der Waals surface area contributed by atoms with E-state index in [9.17, 15) is 0 Å². The van der Waals surface area contributed by atoms with Crippen LogP contribution in [-0.2, 0) is 0 Å². The summed E-state index contributed by atoms with van der Waals surface area (Å²) in [7, 11) is 0. The van der Waals surface area contributed by atoms with E-state index in [1.54, 1.807) is 6.07 Å². The van der Waals surface area contributed by atoms with Gasteiger partial charge in [0.2, 0.25) is 0 Å². The fourth-order valence-corrected chi connectivity index (χ4v) is 0.775. The number of aromatic nitrogens is 1. The molecule has 1 rings (SSSR count). The largest absolute Gasteiger partial charge is 0.224 e. The topological polar surface area (TPSA) is 36.7 Å². The van der Waals surface area contributed by atoms with Crippen molar-refractivity contribution in [2.45, 2.75) is 0 Å². The average Bonchev–Trinajstić information content (AvgIpc) is 1.95. The van der Waals surface area contributed by atoms with E-state index in [0.717, 1.165) is 0 Å². The SMILES string of the molecule is N#Cc1[c]cc(Br)c(Cl)n1. The molecule has 0 saturated carbocycles. The highest BCUT2D eigenvalue weighted by Crippen LogP contribution is 2.18. The predicted octanol–water partition coefficient (Wildman–Crippen LogP) is 2.17. The molecule has 1 aromatic rings. The Balaban J connectivity index is 3.20. The molecule has 1 radical (unpaired) electrons. The Bertz CT molecular complexity index is 292. The molecule has 0 spiro atoms. The van der Waals surface area contributed by atoms with E-state index in [-0.39, 0.29) is 10.8 Å². The van der Waals surface area contributed by atoms with Crippen LogP contribution in [0.4, 0.5) is 0 Å². The summed E-state index contributed by atoms with van der Waals surface area (Å²) >= 11 is 8.69. The van der Waals surface area contributed by atoms with Crippen LogP contribution in [-0.4, -0.2) is 4.98 Å². The summed E-state index contributed by atoms with van der Waals surface area (Å²) in [4.78, 5) is 3.69. The lowest BCUT2D eigenvalue weighted by atomic mass is 10.4. The van der Waals surface area contributed by atoms with E-state index < -0.39 is 0 Å². The maximum absolute atomic E-state index is 8.34. The monoisotopic (exact) mass is 215 g/mol. The van der Waals surface area contributed by atoms with Crippen molar-refractivity contribution in [1.82, 2.24) is 4.98 Å². The van der Waals surface area contributed by atoms with Gasteiger partial charge in [-0.05, 0) is 22.0 Å². The highest BCUT2D eigenvalue weighted by molar-refractivity contribution is 9.10. The molecule has 0 atom stereocenters. The minimum absolute atomic E-state index is 0.202. The van der Waals surface area contributed by atoms with Gasteiger partial charge in [0.1, 0.15) is 16.9 Å². The summed E-state index contributed by atoms with van der Waals surface area (Å²) in [6.45, 7) is 0. The van der Waals surface area contributed by atoms with Gasteiger partial charge in [-0.1, -0.05) is 11.6 Å². The number of nitrogens with zero attached hydrogens (tertiary/aromatic N) is 2. The standard InChI is InChI=1S/C6HBrClN2/c7-5-2-1-4(3-9)10-6(5)8/h2H. The van der Waals surface area contributed by atoms with Crippen molar-refractivity contribution in [2.75, 3.05) is 0 Å². The molecule has 10 heavy (non-hydrogen) atoms. The first-order valence-corrected chi connectivity index (χ1v) is 3.55. The van der Waals surface area contributed by atoms with Crippen molar-refractivity contribution in [1.29, 1.82) is 5.26 Å². The molecule has 0 bridgehead atoms. The molecule has 2 nitrogen and oxygen atoms in total. The minimum atomic E-state index is 0.202. The molecule has 0 aliphatic carbocycles. The smallest absolute Gasteiger partial charge is 0.150 e. The van der Waals surface area contributed by atoms with Gasteiger partial charge < -0.3 is 0 Å². The van der Waals surface area contributed by atoms with Gasteiger partial charge in [-0.15, -0.1) is 0 Å². The lowest BCUT2D eigenvalue weighted by molar-refractivity contribution is 1.24. The van der Waals surface area contributed by atoms with Gasteiger partial charge in [-0.2, -0.15) is 5.26 Å². The Morgan fingerprint density at radius 3 is 3.00 bits per heavy atom. The lowest BCUT2D eigenvalue weighted by Crippen LogP contribution is -1.82. The second kappa shape index (κ2) is 3.00. The molecule has 4 heteroatoms. The van der Waals surface area contributed by atoms with E-state index in [4.69, 9.17) is 16.9 Å². The number of hydrogen-bond acceptors (Lipinski definition) is 2. The molecule has 1 aromatic heterocycles. The van der Waals surface area contributed by atoms with Gasteiger partial charge in [-0.3, -0.25) is 0 Å². The van der Waals surface area contributed by atoms with E-state index in [1.807, 2.05) is 6.07 Å². The van der Waals surface area contributed by atoms with Gasteiger partial charge in [0.25, 0.3) is 0 Å². The minimum Gasteiger partial charge on any atom is -0.224 e. The highest BCUT2D eigenvalue weighted by atomic mass is 79.9. The van der Waals surface area contributed by atoms with Crippen LogP contribution >= 0.6 is 27.5 Å². The van der Waals surface area contributed by atoms with E-state index in [2.05, 4.69) is 27.0 Å². The Kier molecular flexibility index (Phi) is 2.25. The van der Waals surface area contributed by atoms with E-state index in [0.29, 0.717) is 4.47 Å². The molecular weight excluding hydrogens is 215 g/mol. The first kappa shape index (κ1) is 7.52. The van der Waals surface area contributed by atoms with Crippen molar-refractivity contribution >= 4 is 27.5 Å². The first-order valence-electron chi connectivity index (χ1n) is 2.38. The highest BCUT2D eigenvalue weighted by Gasteiger charge is 1.98. The Hall–Kier alpha value is -0.590. The van der Waals surface area contributed by atoms with Gasteiger partial charge in [0.15, 0.2) is 0 Å². The Morgan fingerprint density at radius 2 is 2.50 bits per heavy atom. The van der Waals surface area contributed by atoms with Gasteiger partial charge in [-0.25, -0.2) is 4.98 Å². The summed E-state index contributed by atoms with van der Waals surface area (Å²) < 4.78 is 0.646. The number of hydrogen-bond donors (Lipinski definition) is 0. The second-order valence-corrected chi connectivity index (χ2v) is 2.71. The van der Waals surface area contributed by atoms with Gasteiger partial charge >= 0.3 is 0 Å². The van der Waals surface area contributed by atoms with E-state index in [1.165, 1.54) is 0 Å². The lowest BCUT2D eigenvalue weighted by Gasteiger charge is -1.91. The number of rotatable bonds is 0. The van der Waals surface area contributed by atoms with Gasteiger partial charge in [0.05, 0.1) is 4.47 Å². The van der Waals surface area contributed by atoms with Crippen LogP contribution < -0.4 is 0 Å². The molecule has 0 N–H and O–H groups in total. The number of halogens is 2. The molecule has 0 aromatic carbocycles. The molecule has 0 unspecified atom stereocenters. The van der Waals surface area contributed by atoms with Crippen molar-refractivity contribution in [3.8, 4) is 6.07 Å². The van der Waals surface area contributed by atoms with Crippen LogP contribution in [0.2, 0.25) is 5.15 Å². The van der Waals surface area contributed by atoms with Gasteiger partial charge in [0, 0.05) is 6.07 Å². The predicted molar refractivity (Wildman–Crippen MR) is 40.5 cm³/mol. The van der Waals surface area contributed by atoms with Crippen LogP contribution in [0.25, 0.3) is 0 Å². The van der Waals surface area contributed by atoms with Crippen molar-refractivity contribution < 1.29 is 0 Å². The quantitative estimate of drug-likeness (QED) is 0.623. The summed E-state index contributed by atoms with van der Waals surface area (Å²) in [6.07, 6.45) is 0. The van der Waals surface area contributed by atoms with Crippen LogP contribution in [0, 0.1) is 17.4 Å². The van der Waals surface area contributed by atoms with Crippen LogP contribution in [0.1, 0.15) is 5.69 Å². The zero-order valence-corrected chi connectivity index (χ0v) is 7.07. The molecule has 0 fully saturated rings. The van der Waals surface area contributed by atoms with Crippen LogP contribution in [0.5, 0.6) is 0 Å². The number of nitriles is 1. The van der Waals surface area contributed by atoms with Crippen molar-refractivity contribution in [2.24, 2.45) is 0 Å². The number of pyridine rings is 1. The zero-order chi connectivity index (χ0) is 7.56. The molecule has 0 aliphatic heterocycles. The Labute approximate surface area is 71.6 Å². The average molecular weight is 216 g/mol. The fraction of sp³-hybridized carbons (Fsp3) is 0. The molecule has 49 valence electrons.